The molecule has 1 heterocycles. The summed E-state index contributed by atoms with van der Waals surface area (Å²) < 4.78 is 18.2. The molecule has 1 aliphatic heterocycles. The minimum absolute atomic E-state index is 0.0297. The predicted molar refractivity (Wildman–Crippen MR) is 83.8 cm³/mol. The maximum atomic E-state index is 12.8. The van der Waals surface area contributed by atoms with Crippen LogP contribution in [0.1, 0.15) is 18.4 Å². The molecule has 0 saturated carbocycles. The summed E-state index contributed by atoms with van der Waals surface area (Å²) in [5.74, 6) is -0.673. The van der Waals surface area contributed by atoms with Gasteiger partial charge in [-0.1, -0.05) is 12.1 Å². The Labute approximate surface area is 135 Å². The summed E-state index contributed by atoms with van der Waals surface area (Å²) in [7, 11) is 0. The second-order valence-electron chi connectivity index (χ2n) is 5.35. The largest absolute Gasteiger partial charge is 0.389 e. The van der Waals surface area contributed by atoms with Crippen molar-refractivity contribution < 1.29 is 13.9 Å². The van der Waals surface area contributed by atoms with Gasteiger partial charge in [-0.05, 0) is 37.0 Å². The third-order valence-corrected chi connectivity index (χ3v) is 3.60. The molecule has 1 atom stereocenters. The fourth-order valence-corrected chi connectivity index (χ4v) is 2.30. The molecule has 1 unspecified atom stereocenters. The molecule has 2 N–H and O–H groups in total. The Balaban J connectivity index is 1.73. The predicted octanol–water partition coefficient (Wildman–Crippen LogP) is 1.66. The summed E-state index contributed by atoms with van der Waals surface area (Å²) in [6.45, 7) is 1.70. The minimum atomic E-state index is -0.405. The monoisotopic (exact) mass is 317 g/mol. The van der Waals surface area contributed by atoms with E-state index in [1.807, 2.05) is 6.07 Å². The number of nitrogens with zero attached hydrogens (tertiary/aromatic N) is 1. The molecular formula is C17H20FN3O2. The van der Waals surface area contributed by atoms with Gasteiger partial charge in [0, 0.05) is 25.9 Å². The maximum Gasteiger partial charge on any atom is 0.263 e. The Morgan fingerprint density at radius 3 is 2.87 bits per heavy atom. The maximum absolute atomic E-state index is 12.8. The number of benzene rings is 1. The van der Waals surface area contributed by atoms with E-state index in [2.05, 4.69) is 10.6 Å². The average molecular weight is 317 g/mol. The molecule has 1 aliphatic rings. The molecular weight excluding hydrogens is 297 g/mol. The quantitative estimate of drug-likeness (QED) is 0.456. The second-order valence-corrected chi connectivity index (χ2v) is 5.35. The number of hydrogen-bond donors (Lipinski definition) is 2. The van der Waals surface area contributed by atoms with Crippen molar-refractivity contribution in [2.45, 2.75) is 25.4 Å². The van der Waals surface area contributed by atoms with E-state index in [9.17, 15) is 9.18 Å². The molecule has 5 nitrogen and oxygen atoms in total. The average Bonchev–Trinajstić information content (AvgIpc) is 3.08. The van der Waals surface area contributed by atoms with Gasteiger partial charge in [0.1, 0.15) is 17.5 Å². The number of nitriles is 1. The van der Waals surface area contributed by atoms with E-state index in [0.717, 1.165) is 25.0 Å². The lowest BCUT2D eigenvalue weighted by Crippen LogP contribution is -2.33. The fraction of sp³-hybridized carbons (Fsp3) is 0.412. The number of amides is 1. The van der Waals surface area contributed by atoms with E-state index < -0.39 is 5.91 Å². The summed E-state index contributed by atoms with van der Waals surface area (Å²) in [6, 6.07) is 8.11. The van der Waals surface area contributed by atoms with E-state index in [-0.39, 0.29) is 17.5 Å². The van der Waals surface area contributed by atoms with Crippen LogP contribution >= 0.6 is 0 Å². The van der Waals surface area contributed by atoms with Crippen molar-refractivity contribution >= 4 is 5.91 Å². The molecule has 1 aromatic carbocycles. The molecule has 2 rings (SSSR count). The Kier molecular flexibility index (Phi) is 6.57. The van der Waals surface area contributed by atoms with Crippen molar-refractivity contribution in [3.05, 3.63) is 47.4 Å². The van der Waals surface area contributed by atoms with Crippen LogP contribution < -0.4 is 10.6 Å². The van der Waals surface area contributed by atoms with Crippen LogP contribution in [0.3, 0.4) is 0 Å². The number of rotatable bonds is 7. The molecule has 1 amide bonds. The molecule has 1 saturated heterocycles. The van der Waals surface area contributed by atoms with Gasteiger partial charge in [0.15, 0.2) is 0 Å². The molecule has 0 spiro atoms. The van der Waals surface area contributed by atoms with Gasteiger partial charge in [-0.15, -0.1) is 0 Å². The van der Waals surface area contributed by atoms with Crippen LogP contribution in [-0.4, -0.2) is 31.7 Å². The first kappa shape index (κ1) is 17.0. The normalized spacial score (nSPS) is 17.6. The Morgan fingerprint density at radius 1 is 1.43 bits per heavy atom. The Morgan fingerprint density at radius 2 is 2.22 bits per heavy atom. The van der Waals surface area contributed by atoms with Gasteiger partial charge in [-0.2, -0.15) is 5.26 Å². The summed E-state index contributed by atoms with van der Waals surface area (Å²) >= 11 is 0. The van der Waals surface area contributed by atoms with Crippen LogP contribution in [0.4, 0.5) is 4.39 Å². The second kappa shape index (κ2) is 8.91. The van der Waals surface area contributed by atoms with E-state index in [0.29, 0.717) is 19.5 Å². The van der Waals surface area contributed by atoms with Crippen molar-refractivity contribution in [3.8, 4) is 6.07 Å². The summed E-state index contributed by atoms with van der Waals surface area (Å²) in [4.78, 5) is 11.9. The lowest BCUT2D eigenvalue weighted by Gasteiger charge is -2.10. The summed E-state index contributed by atoms with van der Waals surface area (Å²) in [5, 5.41) is 14.7. The van der Waals surface area contributed by atoms with Gasteiger partial charge in [-0.25, -0.2) is 4.39 Å². The Hall–Kier alpha value is -2.39. The van der Waals surface area contributed by atoms with Gasteiger partial charge in [0.05, 0.1) is 6.10 Å². The van der Waals surface area contributed by atoms with E-state index >= 15 is 0 Å². The number of ether oxygens (including phenoxy) is 1. The van der Waals surface area contributed by atoms with Gasteiger partial charge in [0.2, 0.25) is 0 Å². The van der Waals surface area contributed by atoms with E-state index in [1.165, 1.54) is 18.3 Å². The van der Waals surface area contributed by atoms with Crippen molar-refractivity contribution in [2.24, 2.45) is 0 Å². The van der Waals surface area contributed by atoms with Crippen molar-refractivity contribution in [1.82, 2.24) is 10.6 Å². The zero-order valence-corrected chi connectivity index (χ0v) is 12.8. The smallest absolute Gasteiger partial charge is 0.263 e. The molecule has 1 fully saturated rings. The summed E-state index contributed by atoms with van der Waals surface area (Å²) in [5.41, 5.74) is 1.01. The van der Waals surface area contributed by atoms with Crippen LogP contribution in [0.5, 0.6) is 0 Å². The zero-order chi connectivity index (χ0) is 16.5. The standard InChI is InChI=1S/C17H20FN3O2/c18-15-5-3-13(4-6-15)7-8-20-11-14(10-19)17(22)21-12-16-2-1-9-23-16/h3-6,11,16,20H,1-2,7-9,12H2,(H,21,22)/b14-11-. The number of carbonyl (C=O) groups is 1. The van der Waals surface area contributed by atoms with Crippen molar-refractivity contribution in [2.75, 3.05) is 19.7 Å². The molecule has 0 aliphatic carbocycles. The third-order valence-electron chi connectivity index (χ3n) is 3.60. The lowest BCUT2D eigenvalue weighted by atomic mass is 10.1. The SMILES string of the molecule is N#C/C(=C/NCCc1ccc(F)cc1)C(=O)NCC1CCCO1. The summed E-state index contributed by atoms with van der Waals surface area (Å²) in [6.07, 6.45) is 4.07. The van der Waals surface area contributed by atoms with Gasteiger partial charge >= 0.3 is 0 Å². The van der Waals surface area contributed by atoms with Crippen LogP contribution in [0.15, 0.2) is 36.0 Å². The first-order valence-corrected chi connectivity index (χ1v) is 7.67. The molecule has 122 valence electrons. The van der Waals surface area contributed by atoms with Crippen LogP contribution in [0.2, 0.25) is 0 Å². The first-order valence-electron chi connectivity index (χ1n) is 7.67. The number of nitrogens with one attached hydrogen (secondary N) is 2. The molecule has 0 radical (unpaired) electrons. The van der Waals surface area contributed by atoms with Crippen LogP contribution in [-0.2, 0) is 16.0 Å². The van der Waals surface area contributed by atoms with Crippen molar-refractivity contribution in [1.29, 1.82) is 5.26 Å². The topological polar surface area (TPSA) is 74.2 Å². The minimum Gasteiger partial charge on any atom is -0.389 e. The van der Waals surface area contributed by atoms with Crippen molar-refractivity contribution in [3.63, 3.8) is 0 Å². The third kappa shape index (κ3) is 5.72. The lowest BCUT2D eigenvalue weighted by molar-refractivity contribution is -0.117. The number of halogens is 1. The number of hydrogen-bond acceptors (Lipinski definition) is 4. The molecule has 6 heteroatoms. The highest BCUT2D eigenvalue weighted by atomic mass is 19.1. The highest BCUT2D eigenvalue weighted by Gasteiger charge is 2.17. The highest BCUT2D eigenvalue weighted by molar-refractivity contribution is 5.97. The zero-order valence-electron chi connectivity index (χ0n) is 12.8. The molecule has 23 heavy (non-hydrogen) atoms. The molecule has 0 bridgehead atoms. The van der Waals surface area contributed by atoms with Gasteiger partial charge < -0.3 is 15.4 Å². The van der Waals surface area contributed by atoms with Gasteiger partial charge in [0.25, 0.3) is 5.91 Å². The Bertz CT molecular complexity index is 587. The van der Waals surface area contributed by atoms with Crippen LogP contribution in [0, 0.1) is 17.1 Å². The van der Waals surface area contributed by atoms with E-state index in [4.69, 9.17) is 10.00 Å². The molecule has 0 aromatic heterocycles. The first-order chi connectivity index (χ1) is 11.2. The number of carbonyl (C=O) groups excluding carboxylic acids is 1. The highest BCUT2D eigenvalue weighted by Crippen LogP contribution is 2.10. The van der Waals surface area contributed by atoms with Crippen LogP contribution in [0.25, 0.3) is 0 Å². The fourth-order valence-electron chi connectivity index (χ4n) is 2.30. The van der Waals surface area contributed by atoms with E-state index in [1.54, 1.807) is 12.1 Å². The molecule has 1 aromatic rings. The van der Waals surface area contributed by atoms with Gasteiger partial charge in [-0.3, -0.25) is 4.79 Å².